The Bertz CT molecular complexity index is 749. The van der Waals surface area contributed by atoms with Gasteiger partial charge in [-0.15, -0.1) is 0 Å². The monoisotopic (exact) mass is 673 g/mol. The zero-order chi connectivity index (χ0) is 33.8. The summed E-state index contributed by atoms with van der Waals surface area (Å²) in [6, 6.07) is 0. The molecule has 0 bridgehead atoms. The maximum Gasteiger partial charge on any atom is 0.469 e. The van der Waals surface area contributed by atoms with E-state index >= 15 is 0 Å². The van der Waals surface area contributed by atoms with Gasteiger partial charge in [-0.2, -0.15) is 0 Å². The lowest BCUT2D eigenvalue weighted by Crippen LogP contribution is -2.27. The van der Waals surface area contributed by atoms with Gasteiger partial charge < -0.3 is 19.3 Å². The summed E-state index contributed by atoms with van der Waals surface area (Å²) in [5, 5.41) is 0. The number of hydrogen-bond donors (Lipinski definition) is 2. The van der Waals surface area contributed by atoms with Crippen molar-refractivity contribution in [2.45, 2.75) is 200 Å². The van der Waals surface area contributed by atoms with Crippen LogP contribution in [-0.4, -0.2) is 35.1 Å². The number of phosphoric ester groups is 1. The number of phosphoric acid groups is 1. The van der Waals surface area contributed by atoms with Gasteiger partial charge in [0.15, 0.2) is 6.10 Å². The van der Waals surface area contributed by atoms with E-state index in [2.05, 4.69) is 30.5 Å². The van der Waals surface area contributed by atoms with Gasteiger partial charge in [-0.05, 0) is 51.0 Å². The third kappa shape index (κ3) is 37.3. The Morgan fingerprint density at radius 1 is 0.565 bits per heavy atom. The Morgan fingerprint density at radius 2 is 0.957 bits per heavy atom. The second-order valence-corrected chi connectivity index (χ2v) is 14.2. The fourth-order valence-corrected chi connectivity index (χ4v) is 5.82. The van der Waals surface area contributed by atoms with Gasteiger partial charge in [0.05, 0.1) is 12.9 Å². The Morgan fingerprint density at radius 3 is 1.43 bits per heavy atom. The molecule has 0 fully saturated rings. The highest BCUT2D eigenvalue weighted by molar-refractivity contribution is 7.46. The molecule has 2 N–H and O–H groups in total. The lowest BCUT2D eigenvalue weighted by molar-refractivity contribution is -0.153. The Kier molecular flexibility index (Phi) is 34.3. The number of ether oxygens (including phenoxy) is 2. The van der Waals surface area contributed by atoms with Gasteiger partial charge in [-0.1, -0.05) is 154 Å². The van der Waals surface area contributed by atoms with Crippen LogP contribution in [0.15, 0.2) is 24.5 Å². The molecule has 0 saturated carbocycles. The molecule has 0 aliphatic carbocycles. The predicted molar refractivity (Wildman–Crippen MR) is 193 cm³/mol. The average Bonchev–Trinajstić information content (AvgIpc) is 3.02. The molecule has 1 atom stereocenters. The Balaban J connectivity index is 3.84. The van der Waals surface area contributed by atoms with Crippen LogP contribution in [0.2, 0.25) is 0 Å². The molecule has 0 aromatic heterocycles. The topological polar surface area (TPSA) is 102 Å². The summed E-state index contributed by atoms with van der Waals surface area (Å²) >= 11 is 0. The first-order chi connectivity index (χ1) is 22.4. The van der Waals surface area contributed by atoms with E-state index in [0.717, 1.165) is 44.9 Å². The van der Waals surface area contributed by atoms with Crippen molar-refractivity contribution in [1.29, 1.82) is 0 Å². The molecule has 272 valence electrons. The highest BCUT2D eigenvalue weighted by atomic mass is 31.2. The smallest absolute Gasteiger partial charge is 0.469 e. The van der Waals surface area contributed by atoms with Gasteiger partial charge in [0.25, 0.3) is 0 Å². The first-order valence-electron chi connectivity index (χ1n) is 19.2. The first-order valence-corrected chi connectivity index (χ1v) is 20.7. The largest absolute Gasteiger partial charge is 0.498 e. The molecular weight excluding hydrogens is 599 g/mol. The van der Waals surface area contributed by atoms with Crippen LogP contribution < -0.4 is 0 Å². The standard InChI is InChI=1S/C38H73O7P/c1-3-5-7-9-11-13-15-17-18-19-20-21-22-24-26-28-30-32-34-43-35-37(36-44-46(40,41)42)45-38(39)33-31-29-27-25-23-16-14-12-10-8-6-4-2/h12,14,32,34,37H,3-11,13,15-31,33,35-36H2,1-2H3,(H2,40,41,42)/b14-12-,34-32-/t37-/m1/s1. The van der Waals surface area contributed by atoms with E-state index in [1.54, 1.807) is 6.26 Å². The van der Waals surface area contributed by atoms with Crippen molar-refractivity contribution in [1.82, 2.24) is 0 Å². The van der Waals surface area contributed by atoms with Crippen LogP contribution in [0.3, 0.4) is 0 Å². The van der Waals surface area contributed by atoms with E-state index in [9.17, 15) is 9.36 Å². The highest BCUT2D eigenvalue weighted by Crippen LogP contribution is 2.36. The summed E-state index contributed by atoms with van der Waals surface area (Å²) < 4.78 is 26.7. The van der Waals surface area contributed by atoms with Crippen molar-refractivity contribution >= 4 is 13.8 Å². The molecule has 0 unspecified atom stereocenters. The fraction of sp³-hybridized carbons (Fsp3) is 0.868. The van der Waals surface area contributed by atoms with Crippen molar-refractivity contribution in [3.8, 4) is 0 Å². The summed E-state index contributed by atoms with van der Waals surface area (Å²) in [6.45, 7) is 4.08. The molecule has 0 aliphatic rings. The Labute approximate surface area is 284 Å². The second kappa shape index (κ2) is 35.2. The summed E-state index contributed by atoms with van der Waals surface area (Å²) in [6.07, 6.45) is 41.2. The van der Waals surface area contributed by atoms with Gasteiger partial charge in [0.1, 0.15) is 6.61 Å². The molecule has 7 nitrogen and oxygen atoms in total. The minimum Gasteiger partial charge on any atom is -0.498 e. The van der Waals surface area contributed by atoms with Crippen molar-refractivity contribution < 1.29 is 33.1 Å². The Hall–Kier alpha value is -1.14. The normalized spacial score (nSPS) is 12.8. The lowest BCUT2D eigenvalue weighted by atomic mass is 10.0. The number of allylic oxidation sites excluding steroid dienone is 3. The molecule has 8 heteroatoms. The molecule has 0 heterocycles. The summed E-state index contributed by atoms with van der Waals surface area (Å²) in [5.74, 6) is -0.393. The van der Waals surface area contributed by atoms with Gasteiger partial charge >= 0.3 is 13.8 Å². The number of unbranched alkanes of at least 4 members (excludes halogenated alkanes) is 24. The predicted octanol–water partition coefficient (Wildman–Crippen LogP) is 12.1. The number of rotatable bonds is 36. The molecule has 0 radical (unpaired) electrons. The molecule has 0 saturated heterocycles. The van der Waals surface area contributed by atoms with Crippen LogP contribution in [0.5, 0.6) is 0 Å². The van der Waals surface area contributed by atoms with Crippen molar-refractivity contribution in [2.24, 2.45) is 0 Å². The van der Waals surface area contributed by atoms with Crippen LogP contribution in [-0.2, 0) is 23.4 Å². The van der Waals surface area contributed by atoms with Crippen LogP contribution in [0, 0.1) is 0 Å². The zero-order valence-electron chi connectivity index (χ0n) is 30.0. The maximum absolute atomic E-state index is 12.3. The van der Waals surface area contributed by atoms with Crippen molar-refractivity contribution in [2.75, 3.05) is 13.2 Å². The van der Waals surface area contributed by atoms with Gasteiger partial charge in [-0.3, -0.25) is 9.32 Å². The van der Waals surface area contributed by atoms with Crippen LogP contribution in [0.4, 0.5) is 0 Å². The van der Waals surface area contributed by atoms with Crippen LogP contribution in [0.1, 0.15) is 194 Å². The lowest BCUT2D eigenvalue weighted by Gasteiger charge is -2.18. The summed E-state index contributed by atoms with van der Waals surface area (Å²) in [5.41, 5.74) is 0. The van der Waals surface area contributed by atoms with E-state index in [0.29, 0.717) is 0 Å². The molecule has 0 aromatic rings. The van der Waals surface area contributed by atoms with Gasteiger partial charge in [0, 0.05) is 6.42 Å². The number of hydrogen-bond acceptors (Lipinski definition) is 5. The first kappa shape index (κ1) is 44.9. The molecule has 0 rings (SSSR count). The maximum atomic E-state index is 12.3. The SMILES string of the molecule is CCCCC/C=C\CCCCCCCC(=O)O[C@H](CO/C=C\CCCCCCCCCCCCCCCCCC)COP(=O)(O)O. The van der Waals surface area contributed by atoms with E-state index < -0.39 is 26.5 Å². The minimum absolute atomic E-state index is 0.00678. The molecule has 0 aliphatic heterocycles. The number of carbonyl (C=O) groups excluding carboxylic acids is 1. The summed E-state index contributed by atoms with van der Waals surface area (Å²) in [7, 11) is -4.66. The third-order valence-electron chi connectivity index (χ3n) is 8.32. The summed E-state index contributed by atoms with van der Waals surface area (Å²) in [4.78, 5) is 30.4. The quantitative estimate of drug-likeness (QED) is 0.0224. The molecule has 46 heavy (non-hydrogen) atoms. The average molecular weight is 673 g/mol. The van der Waals surface area contributed by atoms with Gasteiger partial charge in [0.2, 0.25) is 0 Å². The van der Waals surface area contributed by atoms with E-state index in [1.807, 2.05) is 6.08 Å². The van der Waals surface area contributed by atoms with Gasteiger partial charge in [-0.25, -0.2) is 4.57 Å². The highest BCUT2D eigenvalue weighted by Gasteiger charge is 2.21. The second-order valence-electron chi connectivity index (χ2n) is 13.0. The zero-order valence-corrected chi connectivity index (χ0v) is 30.9. The van der Waals surface area contributed by atoms with Crippen molar-refractivity contribution in [3.05, 3.63) is 24.5 Å². The van der Waals surface area contributed by atoms with E-state index in [1.165, 1.54) is 128 Å². The molecule has 0 aromatic carbocycles. The number of esters is 1. The molecule has 0 spiro atoms. The number of carbonyl (C=O) groups is 1. The van der Waals surface area contributed by atoms with E-state index in [-0.39, 0.29) is 13.0 Å². The van der Waals surface area contributed by atoms with Crippen LogP contribution in [0.25, 0.3) is 0 Å². The van der Waals surface area contributed by atoms with E-state index in [4.69, 9.17) is 19.3 Å². The molecular formula is C38H73O7P. The fourth-order valence-electron chi connectivity index (χ4n) is 5.46. The third-order valence-corrected chi connectivity index (χ3v) is 8.80. The minimum atomic E-state index is -4.66. The molecule has 0 amide bonds. The van der Waals surface area contributed by atoms with Crippen molar-refractivity contribution in [3.63, 3.8) is 0 Å². The van der Waals surface area contributed by atoms with Crippen LogP contribution >= 0.6 is 7.82 Å².